The molecule has 0 aliphatic carbocycles. The molecule has 0 aliphatic rings. The number of hydrogen-bond acceptors (Lipinski definition) is 2. The molecule has 0 aliphatic heterocycles. The van der Waals surface area contributed by atoms with Crippen LogP contribution >= 0.6 is 11.6 Å². The van der Waals surface area contributed by atoms with E-state index in [0.717, 1.165) is 5.56 Å². The van der Waals surface area contributed by atoms with Crippen LogP contribution in [-0.2, 0) is 11.3 Å². The van der Waals surface area contributed by atoms with Crippen molar-refractivity contribution >= 4 is 23.6 Å². The molecule has 1 aromatic rings. The van der Waals surface area contributed by atoms with E-state index in [2.05, 4.69) is 5.32 Å². The normalized spacial score (nSPS) is 10.3. The van der Waals surface area contributed by atoms with E-state index in [0.29, 0.717) is 11.6 Å². The van der Waals surface area contributed by atoms with Crippen LogP contribution in [0.2, 0.25) is 5.02 Å². The molecular formula is C13H17ClN2O3. The molecule has 19 heavy (non-hydrogen) atoms. The number of carboxylic acids is 1. The summed E-state index contributed by atoms with van der Waals surface area (Å²) in [5.41, 5.74) is 0.861. The Labute approximate surface area is 117 Å². The third-order valence-electron chi connectivity index (χ3n) is 2.52. The van der Waals surface area contributed by atoms with Crippen molar-refractivity contribution in [3.63, 3.8) is 0 Å². The second-order valence-corrected chi connectivity index (χ2v) is 4.84. The van der Waals surface area contributed by atoms with E-state index in [1.807, 2.05) is 6.07 Å². The number of carbonyl (C=O) groups excluding carboxylic acids is 1. The number of carboxylic acid groups (broad SMARTS) is 1. The first-order valence-corrected chi connectivity index (χ1v) is 6.28. The smallest absolute Gasteiger partial charge is 0.323 e. The number of halogens is 1. The molecule has 0 saturated carbocycles. The zero-order valence-corrected chi connectivity index (χ0v) is 11.6. The summed E-state index contributed by atoms with van der Waals surface area (Å²) in [5, 5.41) is 12.0. The third-order valence-corrected chi connectivity index (χ3v) is 2.76. The van der Waals surface area contributed by atoms with Crippen molar-refractivity contribution in [1.29, 1.82) is 0 Å². The summed E-state index contributed by atoms with van der Waals surface area (Å²) in [6.45, 7) is 3.52. The van der Waals surface area contributed by atoms with Crippen LogP contribution in [0.15, 0.2) is 24.3 Å². The lowest BCUT2D eigenvalue weighted by Crippen LogP contribution is -2.46. The Morgan fingerprint density at radius 1 is 1.42 bits per heavy atom. The Morgan fingerprint density at radius 2 is 2.11 bits per heavy atom. The topological polar surface area (TPSA) is 69.6 Å². The van der Waals surface area contributed by atoms with Crippen LogP contribution in [0.5, 0.6) is 0 Å². The highest BCUT2D eigenvalue weighted by Gasteiger charge is 2.19. The molecule has 0 spiro atoms. The van der Waals surface area contributed by atoms with Gasteiger partial charge in [-0.05, 0) is 31.5 Å². The zero-order chi connectivity index (χ0) is 14.4. The minimum atomic E-state index is -1.04. The Kier molecular flexibility index (Phi) is 5.63. The first-order valence-electron chi connectivity index (χ1n) is 5.91. The molecule has 0 fully saturated rings. The number of urea groups is 1. The van der Waals surface area contributed by atoms with Crippen LogP contribution in [0.4, 0.5) is 4.79 Å². The lowest BCUT2D eigenvalue weighted by atomic mass is 10.2. The lowest BCUT2D eigenvalue weighted by molar-refractivity contribution is -0.138. The second kappa shape index (κ2) is 6.99. The van der Waals surface area contributed by atoms with Crippen LogP contribution in [0.1, 0.15) is 19.4 Å². The summed E-state index contributed by atoms with van der Waals surface area (Å²) in [5.74, 6) is -1.04. The van der Waals surface area contributed by atoms with Crippen LogP contribution in [0.25, 0.3) is 0 Å². The van der Waals surface area contributed by atoms with E-state index in [1.165, 1.54) is 4.90 Å². The van der Waals surface area contributed by atoms with Gasteiger partial charge in [0.1, 0.15) is 6.54 Å². The van der Waals surface area contributed by atoms with Gasteiger partial charge in [0.25, 0.3) is 0 Å². The van der Waals surface area contributed by atoms with Gasteiger partial charge in [-0.1, -0.05) is 23.7 Å². The molecule has 0 bridgehead atoms. The first-order chi connectivity index (χ1) is 8.90. The largest absolute Gasteiger partial charge is 0.480 e. The molecule has 1 aromatic carbocycles. The number of hydrogen-bond donors (Lipinski definition) is 2. The van der Waals surface area contributed by atoms with Crippen molar-refractivity contribution in [2.75, 3.05) is 6.54 Å². The van der Waals surface area contributed by atoms with Crippen LogP contribution in [0.3, 0.4) is 0 Å². The molecule has 0 aromatic heterocycles. The van der Waals surface area contributed by atoms with Gasteiger partial charge in [0, 0.05) is 17.6 Å². The van der Waals surface area contributed by atoms with E-state index < -0.39 is 12.0 Å². The monoisotopic (exact) mass is 284 g/mol. The Bertz CT molecular complexity index is 463. The molecule has 5 nitrogen and oxygen atoms in total. The lowest BCUT2D eigenvalue weighted by Gasteiger charge is -2.25. The third kappa shape index (κ3) is 5.18. The first kappa shape index (κ1) is 15.3. The van der Waals surface area contributed by atoms with E-state index in [9.17, 15) is 9.59 Å². The van der Waals surface area contributed by atoms with Crippen LogP contribution in [-0.4, -0.2) is 34.6 Å². The number of benzene rings is 1. The molecule has 0 saturated heterocycles. The molecule has 0 atom stereocenters. The predicted octanol–water partition coefficient (Wildman–Crippen LogP) is 2.34. The van der Waals surface area contributed by atoms with Gasteiger partial charge < -0.3 is 15.3 Å². The molecule has 0 heterocycles. The maximum atomic E-state index is 11.9. The number of nitrogens with zero attached hydrogens (tertiary/aromatic N) is 1. The Balaban J connectivity index is 2.59. The molecular weight excluding hydrogens is 268 g/mol. The summed E-state index contributed by atoms with van der Waals surface area (Å²) < 4.78 is 0. The maximum Gasteiger partial charge on any atom is 0.323 e. The van der Waals surface area contributed by atoms with Crippen molar-refractivity contribution in [1.82, 2.24) is 10.2 Å². The van der Waals surface area contributed by atoms with Crippen LogP contribution in [0, 0.1) is 0 Å². The van der Waals surface area contributed by atoms with Crippen molar-refractivity contribution < 1.29 is 14.7 Å². The molecule has 2 amide bonds. The highest BCUT2D eigenvalue weighted by molar-refractivity contribution is 6.30. The minimum Gasteiger partial charge on any atom is -0.480 e. The average Bonchev–Trinajstić information content (AvgIpc) is 2.32. The Hall–Kier alpha value is -1.75. The van der Waals surface area contributed by atoms with Gasteiger partial charge in [-0.25, -0.2) is 4.79 Å². The van der Waals surface area contributed by atoms with Crippen LogP contribution < -0.4 is 5.32 Å². The van der Waals surface area contributed by atoms with Gasteiger partial charge >= 0.3 is 12.0 Å². The summed E-state index contributed by atoms with van der Waals surface area (Å²) in [4.78, 5) is 23.9. The standard InChI is InChI=1S/C13H17ClN2O3/c1-9(2)16(8-12(17)18)13(19)15-7-10-4-3-5-11(14)6-10/h3-6,9H,7-8H2,1-2H3,(H,15,19)(H,17,18). The van der Waals surface area contributed by atoms with Gasteiger partial charge in [0.2, 0.25) is 0 Å². The fraction of sp³-hybridized carbons (Fsp3) is 0.385. The summed E-state index contributed by atoms with van der Waals surface area (Å²) in [7, 11) is 0. The SMILES string of the molecule is CC(C)N(CC(=O)O)C(=O)NCc1cccc(Cl)c1. The zero-order valence-electron chi connectivity index (χ0n) is 10.9. The van der Waals surface area contributed by atoms with E-state index in [1.54, 1.807) is 32.0 Å². The number of nitrogens with one attached hydrogen (secondary N) is 1. The van der Waals surface area contributed by atoms with Gasteiger partial charge in [-0.3, -0.25) is 4.79 Å². The van der Waals surface area contributed by atoms with Gasteiger partial charge in [-0.2, -0.15) is 0 Å². The summed E-state index contributed by atoms with van der Waals surface area (Å²) in [6.07, 6.45) is 0. The maximum absolute atomic E-state index is 11.9. The molecule has 104 valence electrons. The quantitative estimate of drug-likeness (QED) is 0.872. The highest BCUT2D eigenvalue weighted by Crippen LogP contribution is 2.10. The second-order valence-electron chi connectivity index (χ2n) is 4.40. The fourth-order valence-corrected chi connectivity index (χ4v) is 1.77. The number of amides is 2. The summed E-state index contributed by atoms with van der Waals surface area (Å²) >= 11 is 5.84. The van der Waals surface area contributed by atoms with Crippen molar-refractivity contribution in [3.8, 4) is 0 Å². The van der Waals surface area contributed by atoms with E-state index in [4.69, 9.17) is 16.7 Å². The van der Waals surface area contributed by atoms with Crippen molar-refractivity contribution in [3.05, 3.63) is 34.9 Å². The molecule has 6 heteroatoms. The molecule has 1 rings (SSSR count). The number of rotatable bonds is 5. The van der Waals surface area contributed by atoms with Gasteiger partial charge in [-0.15, -0.1) is 0 Å². The van der Waals surface area contributed by atoms with Crippen molar-refractivity contribution in [2.45, 2.75) is 26.4 Å². The van der Waals surface area contributed by atoms with Gasteiger partial charge in [0.15, 0.2) is 0 Å². The molecule has 0 radical (unpaired) electrons. The Morgan fingerprint density at radius 3 is 2.63 bits per heavy atom. The number of carbonyl (C=O) groups is 2. The highest BCUT2D eigenvalue weighted by atomic mass is 35.5. The summed E-state index contributed by atoms with van der Waals surface area (Å²) in [6, 6.07) is 6.54. The molecule has 0 unspecified atom stereocenters. The average molecular weight is 285 g/mol. The number of aliphatic carboxylic acids is 1. The van der Waals surface area contributed by atoms with Crippen molar-refractivity contribution in [2.24, 2.45) is 0 Å². The van der Waals surface area contributed by atoms with Gasteiger partial charge in [0.05, 0.1) is 0 Å². The minimum absolute atomic E-state index is 0.185. The predicted molar refractivity (Wildman–Crippen MR) is 73.2 cm³/mol. The molecule has 2 N–H and O–H groups in total. The fourth-order valence-electron chi connectivity index (χ4n) is 1.56. The van der Waals surface area contributed by atoms with E-state index in [-0.39, 0.29) is 12.6 Å². The van der Waals surface area contributed by atoms with E-state index >= 15 is 0 Å².